The van der Waals surface area contributed by atoms with E-state index in [1.54, 1.807) is 0 Å². The van der Waals surface area contributed by atoms with Gasteiger partial charge in [-0.15, -0.1) is 0 Å². The summed E-state index contributed by atoms with van der Waals surface area (Å²) in [4.78, 5) is 9.12. The maximum Gasteiger partial charge on any atom is 0.152 e. The van der Waals surface area contributed by atoms with Gasteiger partial charge in [-0.25, -0.2) is 9.97 Å². The normalized spacial score (nSPS) is 10.7. The Labute approximate surface area is 107 Å². The van der Waals surface area contributed by atoms with E-state index in [0.29, 0.717) is 0 Å². The molecular formula is C13H19N5. The molecule has 5 nitrogen and oxygen atoms in total. The third kappa shape index (κ3) is 2.34. The van der Waals surface area contributed by atoms with Crippen LogP contribution >= 0.6 is 0 Å². The van der Waals surface area contributed by atoms with Gasteiger partial charge in [0.15, 0.2) is 5.82 Å². The second-order valence-corrected chi connectivity index (χ2v) is 4.33. The molecular weight excluding hydrogens is 226 g/mol. The molecule has 0 atom stereocenters. The van der Waals surface area contributed by atoms with E-state index in [9.17, 15) is 0 Å². The molecule has 18 heavy (non-hydrogen) atoms. The molecule has 0 saturated heterocycles. The maximum absolute atomic E-state index is 4.61. The highest BCUT2D eigenvalue weighted by Crippen LogP contribution is 2.24. The maximum atomic E-state index is 4.61. The lowest BCUT2D eigenvalue weighted by molar-refractivity contribution is 0.603. The first-order chi connectivity index (χ1) is 8.65. The van der Waals surface area contributed by atoms with E-state index in [2.05, 4.69) is 27.3 Å². The average molecular weight is 245 g/mol. The Morgan fingerprint density at radius 1 is 1.22 bits per heavy atom. The monoisotopic (exact) mass is 245 g/mol. The van der Waals surface area contributed by atoms with Crippen molar-refractivity contribution in [3.63, 3.8) is 0 Å². The summed E-state index contributed by atoms with van der Waals surface area (Å²) in [6.45, 7) is 7.00. The molecule has 0 aliphatic heterocycles. The Bertz CT molecular complexity index is 544. The van der Waals surface area contributed by atoms with Crippen molar-refractivity contribution in [2.75, 3.05) is 12.4 Å². The fraction of sp³-hybridized carbons (Fsp3) is 0.462. The number of aryl methyl sites for hydroxylation is 3. The van der Waals surface area contributed by atoms with Crippen LogP contribution in [0.5, 0.6) is 0 Å². The largest absolute Gasteiger partial charge is 0.371 e. The summed E-state index contributed by atoms with van der Waals surface area (Å²) in [5, 5.41) is 7.42. The van der Waals surface area contributed by atoms with Crippen molar-refractivity contribution in [2.24, 2.45) is 0 Å². The summed E-state index contributed by atoms with van der Waals surface area (Å²) in [7, 11) is 1.86. The topological polar surface area (TPSA) is 55.6 Å². The predicted molar refractivity (Wildman–Crippen MR) is 72.6 cm³/mol. The Hall–Kier alpha value is -1.91. The first kappa shape index (κ1) is 12.5. The van der Waals surface area contributed by atoms with Gasteiger partial charge in [0.05, 0.1) is 17.6 Å². The van der Waals surface area contributed by atoms with Crippen LogP contribution in [0.2, 0.25) is 0 Å². The second-order valence-electron chi connectivity index (χ2n) is 4.33. The Balaban J connectivity index is 2.45. The Kier molecular flexibility index (Phi) is 3.60. The lowest BCUT2D eigenvalue weighted by atomic mass is 10.2. The average Bonchev–Trinajstić information content (AvgIpc) is 2.81. The van der Waals surface area contributed by atoms with E-state index in [1.807, 2.05) is 38.0 Å². The van der Waals surface area contributed by atoms with Gasteiger partial charge in [0.25, 0.3) is 0 Å². The van der Waals surface area contributed by atoms with Crippen LogP contribution in [0.4, 0.5) is 5.82 Å². The van der Waals surface area contributed by atoms with Gasteiger partial charge in [0.2, 0.25) is 0 Å². The molecule has 96 valence electrons. The van der Waals surface area contributed by atoms with Crippen molar-refractivity contribution in [1.82, 2.24) is 19.7 Å². The van der Waals surface area contributed by atoms with Gasteiger partial charge < -0.3 is 5.32 Å². The summed E-state index contributed by atoms with van der Waals surface area (Å²) in [6.07, 6.45) is 4.93. The Morgan fingerprint density at radius 2 is 1.94 bits per heavy atom. The summed E-state index contributed by atoms with van der Waals surface area (Å²) < 4.78 is 1.94. The van der Waals surface area contributed by atoms with Gasteiger partial charge in [0, 0.05) is 25.4 Å². The molecule has 0 amide bonds. The van der Waals surface area contributed by atoms with E-state index in [-0.39, 0.29) is 0 Å². The fourth-order valence-electron chi connectivity index (χ4n) is 1.82. The Morgan fingerprint density at radius 3 is 2.61 bits per heavy atom. The van der Waals surface area contributed by atoms with Crippen LogP contribution in [0.1, 0.15) is 24.7 Å². The lowest BCUT2D eigenvalue weighted by Crippen LogP contribution is -2.02. The molecule has 0 fully saturated rings. The molecule has 2 aromatic rings. The van der Waals surface area contributed by atoms with Crippen molar-refractivity contribution in [3.8, 4) is 11.3 Å². The highest BCUT2D eigenvalue weighted by molar-refractivity contribution is 5.70. The molecule has 1 N–H and O–H groups in total. The van der Waals surface area contributed by atoms with Crippen LogP contribution < -0.4 is 5.32 Å². The molecule has 0 unspecified atom stereocenters. The first-order valence-electron chi connectivity index (χ1n) is 6.21. The smallest absolute Gasteiger partial charge is 0.152 e. The summed E-state index contributed by atoms with van der Waals surface area (Å²) in [5.41, 5.74) is 3.77. The third-order valence-corrected chi connectivity index (χ3v) is 2.90. The number of aromatic nitrogens is 4. The number of hydrogen-bond acceptors (Lipinski definition) is 4. The molecule has 0 aromatic carbocycles. The van der Waals surface area contributed by atoms with Crippen LogP contribution in [0.3, 0.4) is 0 Å². The van der Waals surface area contributed by atoms with Crippen molar-refractivity contribution in [1.29, 1.82) is 0 Å². The predicted octanol–water partition coefficient (Wildman–Crippen LogP) is 2.41. The molecule has 0 radical (unpaired) electrons. The van der Waals surface area contributed by atoms with Gasteiger partial charge in [-0.05, 0) is 20.3 Å². The van der Waals surface area contributed by atoms with E-state index in [4.69, 9.17) is 0 Å². The van der Waals surface area contributed by atoms with E-state index in [0.717, 1.165) is 41.4 Å². The molecule has 2 aromatic heterocycles. The minimum atomic E-state index is 0.800. The SMILES string of the molecule is CCCn1cc(-c2nc(C)c(C)nc2NC)cn1. The first-order valence-corrected chi connectivity index (χ1v) is 6.21. The third-order valence-electron chi connectivity index (χ3n) is 2.90. The van der Waals surface area contributed by atoms with Gasteiger partial charge in [-0.2, -0.15) is 5.10 Å². The molecule has 0 spiro atoms. The number of hydrogen-bond donors (Lipinski definition) is 1. The van der Waals surface area contributed by atoms with E-state index >= 15 is 0 Å². The van der Waals surface area contributed by atoms with Crippen molar-refractivity contribution < 1.29 is 0 Å². The van der Waals surface area contributed by atoms with Crippen molar-refractivity contribution >= 4 is 5.82 Å². The fourth-order valence-corrected chi connectivity index (χ4v) is 1.82. The van der Waals surface area contributed by atoms with E-state index in [1.165, 1.54) is 0 Å². The summed E-state index contributed by atoms with van der Waals surface area (Å²) >= 11 is 0. The van der Waals surface area contributed by atoms with Crippen LogP contribution in [-0.4, -0.2) is 26.8 Å². The van der Waals surface area contributed by atoms with Crippen LogP contribution in [0, 0.1) is 13.8 Å². The number of rotatable bonds is 4. The molecule has 2 heterocycles. The van der Waals surface area contributed by atoms with Crippen LogP contribution in [-0.2, 0) is 6.54 Å². The zero-order valence-corrected chi connectivity index (χ0v) is 11.4. The van der Waals surface area contributed by atoms with E-state index < -0.39 is 0 Å². The van der Waals surface area contributed by atoms with Gasteiger partial charge >= 0.3 is 0 Å². The zero-order chi connectivity index (χ0) is 13.1. The minimum Gasteiger partial charge on any atom is -0.371 e. The zero-order valence-electron chi connectivity index (χ0n) is 11.4. The highest BCUT2D eigenvalue weighted by atomic mass is 15.3. The molecule has 0 aliphatic rings. The number of nitrogens with one attached hydrogen (secondary N) is 1. The minimum absolute atomic E-state index is 0.800. The number of nitrogens with zero attached hydrogens (tertiary/aromatic N) is 4. The van der Waals surface area contributed by atoms with Crippen molar-refractivity contribution in [3.05, 3.63) is 23.8 Å². The molecule has 0 saturated carbocycles. The van der Waals surface area contributed by atoms with Gasteiger partial charge in [0.1, 0.15) is 5.69 Å². The number of anilines is 1. The lowest BCUT2D eigenvalue weighted by Gasteiger charge is -2.08. The van der Waals surface area contributed by atoms with Gasteiger partial charge in [-0.1, -0.05) is 6.92 Å². The van der Waals surface area contributed by atoms with Crippen molar-refractivity contribution in [2.45, 2.75) is 33.7 Å². The highest BCUT2D eigenvalue weighted by Gasteiger charge is 2.11. The quantitative estimate of drug-likeness (QED) is 0.898. The molecule has 0 bridgehead atoms. The summed E-state index contributed by atoms with van der Waals surface area (Å²) in [5.74, 6) is 0.800. The molecule has 0 aliphatic carbocycles. The second kappa shape index (κ2) is 5.16. The molecule has 2 rings (SSSR count). The van der Waals surface area contributed by atoms with Crippen LogP contribution in [0.15, 0.2) is 12.4 Å². The van der Waals surface area contributed by atoms with Gasteiger partial charge in [-0.3, -0.25) is 4.68 Å². The standard InChI is InChI=1S/C13H19N5/c1-5-6-18-8-11(7-15-18)12-13(14-4)17-10(3)9(2)16-12/h7-8H,5-6H2,1-4H3,(H,14,17). The molecule has 5 heteroatoms. The van der Waals surface area contributed by atoms with Crippen LogP contribution in [0.25, 0.3) is 11.3 Å². The summed E-state index contributed by atoms with van der Waals surface area (Å²) in [6, 6.07) is 0.